The Balaban J connectivity index is 1.39. The normalized spacial score (nSPS) is 16.0. The summed E-state index contributed by atoms with van der Waals surface area (Å²) in [5, 5.41) is 0.125. The van der Waals surface area contributed by atoms with Crippen LogP contribution in [0.15, 0.2) is 96.6 Å². The third-order valence-electron chi connectivity index (χ3n) is 7.53. The van der Waals surface area contributed by atoms with E-state index in [1.54, 1.807) is 6.08 Å². The largest absolute Gasteiger partial charge is 0.378 e. The maximum absolute atomic E-state index is 13.9. The fourth-order valence-electron chi connectivity index (χ4n) is 5.46. The van der Waals surface area contributed by atoms with E-state index < -0.39 is 11.8 Å². The van der Waals surface area contributed by atoms with Crippen LogP contribution in [0.1, 0.15) is 17.0 Å². The van der Waals surface area contributed by atoms with Crippen LogP contribution in [0.3, 0.4) is 0 Å². The molecule has 0 saturated carbocycles. The highest BCUT2D eigenvalue weighted by molar-refractivity contribution is 7.81. The van der Waals surface area contributed by atoms with Crippen molar-refractivity contribution in [2.45, 2.75) is 13.8 Å². The number of aromatic nitrogens is 1. The van der Waals surface area contributed by atoms with Gasteiger partial charge >= 0.3 is 0 Å². The molecule has 3 aromatic carbocycles. The van der Waals surface area contributed by atoms with E-state index in [-0.39, 0.29) is 10.7 Å². The smallest absolute Gasteiger partial charge is 0.270 e. The van der Waals surface area contributed by atoms with Gasteiger partial charge in [0.2, 0.25) is 0 Å². The van der Waals surface area contributed by atoms with Gasteiger partial charge in [0, 0.05) is 35.9 Å². The highest BCUT2D eigenvalue weighted by Gasteiger charge is 2.41. The maximum Gasteiger partial charge on any atom is 0.270 e. The average Bonchev–Trinajstić information content (AvgIpc) is 3.29. The highest BCUT2D eigenvalue weighted by Crippen LogP contribution is 2.31. The van der Waals surface area contributed by atoms with E-state index in [1.165, 1.54) is 15.5 Å². The van der Waals surface area contributed by atoms with Crippen LogP contribution in [-0.2, 0) is 14.3 Å². The van der Waals surface area contributed by atoms with Gasteiger partial charge in [-0.15, -0.1) is 0 Å². The molecular weight excluding hydrogens is 532 g/mol. The number of benzene rings is 3. The minimum absolute atomic E-state index is 0.0502. The molecule has 2 amide bonds. The fourth-order valence-corrected chi connectivity index (χ4v) is 5.84. The lowest BCUT2D eigenvalue weighted by Gasteiger charge is -2.36. The van der Waals surface area contributed by atoms with Crippen LogP contribution in [0, 0.1) is 13.8 Å². The minimum atomic E-state index is -0.446. The van der Waals surface area contributed by atoms with Gasteiger partial charge in [-0.2, -0.15) is 0 Å². The van der Waals surface area contributed by atoms with Gasteiger partial charge in [0.25, 0.3) is 11.8 Å². The molecule has 41 heavy (non-hydrogen) atoms. The molecule has 2 aliphatic rings. The summed E-state index contributed by atoms with van der Waals surface area (Å²) < 4.78 is 7.62. The molecule has 3 heterocycles. The second-order valence-electron chi connectivity index (χ2n) is 10.1. The lowest BCUT2D eigenvalue weighted by Crippen LogP contribution is -2.56. The van der Waals surface area contributed by atoms with E-state index >= 15 is 0 Å². The molecule has 0 bridgehead atoms. The summed E-state index contributed by atoms with van der Waals surface area (Å²) in [5.74, 6) is -0.893. The van der Waals surface area contributed by atoms with Crippen LogP contribution in [0.4, 0.5) is 17.1 Å². The Morgan fingerprint density at radius 2 is 1.22 bits per heavy atom. The molecular formula is C33H30N4O3S. The number of rotatable bonds is 5. The number of anilines is 3. The second kappa shape index (κ2) is 11.2. The van der Waals surface area contributed by atoms with Crippen molar-refractivity contribution in [3.05, 3.63) is 114 Å². The molecule has 0 radical (unpaired) electrons. The number of amides is 2. The second-order valence-corrected chi connectivity index (χ2v) is 10.4. The molecule has 0 atom stereocenters. The Morgan fingerprint density at radius 1 is 0.707 bits per heavy atom. The van der Waals surface area contributed by atoms with Gasteiger partial charge < -0.3 is 14.2 Å². The molecule has 206 valence electrons. The highest BCUT2D eigenvalue weighted by atomic mass is 32.1. The van der Waals surface area contributed by atoms with Crippen LogP contribution < -0.4 is 14.7 Å². The third kappa shape index (κ3) is 4.96. The minimum Gasteiger partial charge on any atom is -0.378 e. The molecule has 0 spiro atoms. The van der Waals surface area contributed by atoms with E-state index in [0.29, 0.717) is 11.4 Å². The van der Waals surface area contributed by atoms with Crippen LogP contribution in [0.2, 0.25) is 0 Å². The van der Waals surface area contributed by atoms with Crippen molar-refractivity contribution in [3.8, 4) is 5.69 Å². The predicted molar refractivity (Wildman–Crippen MR) is 167 cm³/mol. The SMILES string of the molecule is Cc1cc(C=C2C(=O)N(c3ccccc3)C(=S)N(c3ccccc3)C2=O)c(C)n1-c1ccc(N2CCOCC2)cc1. The van der Waals surface area contributed by atoms with Crippen molar-refractivity contribution in [1.29, 1.82) is 0 Å². The van der Waals surface area contributed by atoms with E-state index in [9.17, 15) is 9.59 Å². The fraction of sp³-hybridized carbons (Fsp3) is 0.182. The predicted octanol–water partition coefficient (Wildman–Crippen LogP) is 5.68. The number of nitrogens with zero attached hydrogens (tertiary/aromatic N) is 4. The molecule has 4 aromatic rings. The zero-order valence-corrected chi connectivity index (χ0v) is 23.8. The molecule has 0 aliphatic carbocycles. The van der Waals surface area contributed by atoms with E-state index in [1.807, 2.05) is 80.6 Å². The van der Waals surface area contributed by atoms with Gasteiger partial charge in [0.15, 0.2) is 5.11 Å². The van der Waals surface area contributed by atoms with E-state index in [2.05, 4.69) is 33.7 Å². The summed E-state index contributed by atoms with van der Waals surface area (Å²) >= 11 is 5.72. The van der Waals surface area contributed by atoms with Gasteiger partial charge in [-0.1, -0.05) is 36.4 Å². The molecule has 0 N–H and O–H groups in total. The lowest BCUT2D eigenvalue weighted by atomic mass is 10.1. The van der Waals surface area contributed by atoms with Gasteiger partial charge in [-0.25, -0.2) is 0 Å². The zero-order valence-electron chi connectivity index (χ0n) is 23.0. The molecule has 8 heteroatoms. The Labute approximate surface area is 244 Å². The van der Waals surface area contributed by atoms with Gasteiger partial charge in [0.1, 0.15) is 5.57 Å². The molecule has 6 rings (SSSR count). The monoisotopic (exact) mass is 562 g/mol. The van der Waals surface area contributed by atoms with Crippen molar-refractivity contribution in [1.82, 2.24) is 4.57 Å². The summed E-state index contributed by atoms with van der Waals surface area (Å²) in [7, 11) is 0. The first-order valence-corrected chi connectivity index (χ1v) is 14.0. The van der Waals surface area contributed by atoms with Crippen LogP contribution >= 0.6 is 12.2 Å². The molecule has 1 aromatic heterocycles. The molecule has 7 nitrogen and oxygen atoms in total. The zero-order chi connectivity index (χ0) is 28.5. The quantitative estimate of drug-likeness (QED) is 0.178. The Bertz CT molecular complexity index is 1580. The molecule has 0 unspecified atom stereocenters. The summed E-state index contributed by atoms with van der Waals surface area (Å²) in [6.07, 6.45) is 1.69. The topological polar surface area (TPSA) is 58.0 Å². The number of thiocarbonyl (C=S) groups is 1. The third-order valence-corrected chi connectivity index (χ3v) is 7.90. The van der Waals surface area contributed by atoms with Crippen molar-refractivity contribution >= 4 is 52.3 Å². The Hall–Kier alpha value is -4.53. The van der Waals surface area contributed by atoms with E-state index in [4.69, 9.17) is 17.0 Å². The summed E-state index contributed by atoms with van der Waals surface area (Å²) in [6.45, 7) is 7.26. The average molecular weight is 563 g/mol. The summed E-state index contributed by atoms with van der Waals surface area (Å²) in [4.78, 5) is 33.0. The number of carbonyl (C=O) groups is 2. The van der Waals surface area contributed by atoms with Gasteiger partial charge in [-0.3, -0.25) is 19.4 Å². The first-order valence-electron chi connectivity index (χ1n) is 13.6. The van der Waals surface area contributed by atoms with E-state index in [0.717, 1.165) is 48.9 Å². The number of aryl methyl sites for hydroxylation is 1. The van der Waals surface area contributed by atoms with Gasteiger partial charge in [-0.05, 0) is 92.3 Å². The first kappa shape index (κ1) is 26.7. The van der Waals surface area contributed by atoms with Crippen molar-refractivity contribution in [2.24, 2.45) is 0 Å². The molecule has 2 saturated heterocycles. The number of para-hydroxylation sites is 2. The number of ether oxygens (including phenoxy) is 1. The maximum atomic E-state index is 13.9. The van der Waals surface area contributed by atoms with Crippen LogP contribution in [0.25, 0.3) is 11.8 Å². The standard InChI is InChI=1S/C33H30N4O3S/c1-23-21-25(24(2)35(23)29-15-13-26(14-16-29)34-17-19-40-20-18-34)22-30-31(38)36(27-9-5-3-6-10-27)33(41)37(32(30)39)28-11-7-4-8-12-28/h3-16,21-22H,17-20H2,1-2H3. The Kier molecular flexibility index (Phi) is 7.26. The first-order chi connectivity index (χ1) is 19.9. The van der Waals surface area contributed by atoms with Gasteiger partial charge in [0.05, 0.1) is 24.6 Å². The number of morpholine rings is 1. The van der Waals surface area contributed by atoms with Crippen LogP contribution in [-0.4, -0.2) is 47.8 Å². The van der Waals surface area contributed by atoms with Crippen molar-refractivity contribution in [3.63, 3.8) is 0 Å². The lowest BCUT2D eigenvalue weighted by molar-refractivity contribution is -0.120. The molecule has 2 aliphatic heterocycles. The van der Waals surface area contributed by atoms with Crippen molar-refractivity contribution in [2.75, 3.05) is 41.0 Å². The number of hydrogen-bond donors (Lipinski definition) is 0. The number of hydrogen-bond acceptors (Lipinski definition) is 5. The summed E-state index contributed by atoms with van der Waals surface area (Å²) in [6, 6.07) is 28.8. The summed E-state index contributed by atoms with van der Waals surface area (Å²) in [5.41, 5.74) is 6.17. The Morgan fingerprint density at radius 3 is 1.76 bits per heavy atom. The number of carbonyl (C=O) groups excluding carboxylic acids is 2. The van der Waals surface area contributed by atoms with Crippen molar-refractivity contribution < 1.29 is 14.3 Å². The van der Waals surface area contributed by atoms with Crippen LogP contribution in [0.5, 0.6) is 0 Å². The molecule has 2 fully saturated rings.